The second kappa shape index (κ2) is 2.40. The predicted molar refractivity (Wildman–Crippen MR) is 30.2 cm³/mol. The molecule has 0 aliphatic heterocycles. The smallest absolute Gasteiger partial charge is 0.113 e. The molecule has 0 fully saturated rings. The number of rotatable bonds is 1. The van der Waals surface area contributed by atoms with Crippen LogP contribution in [0.25, 0.3) is 0 Å². The third kappa shape index (κ3) is 1.03. The lowest BCUT2D eigenvalue weighted by Crippen LogP contribution is -1.86. The normalized spacial score (nSPS) is 9.12. The predicted octanol–water partition coefficient (Wildman–Crippen LogP) is 0.839. The fraction of sp³-hybridized carbons (Fsp3) is 0.333. The van der Waals surface area contributed by atoms with Gasteiger partial charge in [0.25, 0.3) is 0 Å². The average Bonchev–Trinajstić information content (AvgIpc) is 1.90. The Bertz CT molecular complexity index is 148. The summed E-state index contributed by atoms with van der Waals surface area (Å²) in [5.41, 5.74) is 1.02. The van der Waals surface area contributed by atoms with E-state index in [9.17, 15) is 0 Å². The molecule has 0 saturated heterocycles. The van der Waals surface area contributed by atoms with Gasteiger partial charge in [-0.3, -0.25) is 0 Å². The Hall–Kier alpha value is -0.920. The molecule has 0 amide bonds. The van der Waals surface area contributed by atoms with Gasteiger partial charge in [-0.05, 0) is 18.6 Å². The zero-order valence-corrected chi connectivity index (χ0v) is 4.76. The molecular formula is C6H7N2. The first-order valence-corrected chi connectivity index (χ1v) is 2.62. The van der Waals surface area contributed by atoms with Gasteiger partial charge < -0.3 is 0 Å². The quantitative estimate of drug-likeness (QED) is 0.531. The third-order valence-corrected chi connectivity index (χ3v) is 0.949. The fourth-order valence-corrected chi connectivity index (χ4v) is 0.482. The molecule has 0 spiro atoms. The molecule has 0 bridgehead atoms. The summed E-state index contributed by atoms with van der Waals surface area (Å²) in [5, 5.41) is 7.37. The van der Waals surface area contributed by atoms with Gasteiger partial charge >= 0.3 is 0 Å². The van der Waals surface area contributed by atoms with E-state index in [4.69, 9.17) is 0 Å². The van der Waals surface area contributed by atoms with Crippen molar-refractivity contribution in [3.63, 3.8) is 0 Å². The maximum Gasteiger partial charge on any atom is 0.113 e. The molecule has 41 valence electrons. The van der Waals surface area contributed by atoms with E-state index in [0.717, 1.165) is 12.1 Å². The van der Waals surface area contributed by atoms with E-state index in [0.29, 0.717) is 0 Å². The van der Waals surface area contributed by atoms with Crippen molar-refractivity contribution in [2.75, 3.05) is 0 Å². The van der Waals surface area contributed by atoms with E-state index in [2.05, 4.69) is 16.4 Å². The van der Waals surface area contributed by atoms with Gasteiger partial charge in [0.15, 0.2) is 0 Å². The number of hydrogen-bond acceptors (Lipinski definition) is 2. The minimum Gasteiger partial charge on any atom is -0.155 e. The molecular weight excluding hydrogens is 100 g/mol. The Morgan fingerprint density at radius 3 is 3.00 bits per heavy atom. The zero-order valence-electron chi connectivity index (χ0n) is 4.76. The first kappa shape index (κ1) is 5.22. The van der Waals surface area contributed by atoms with Gasteiger partial charge in [0.1, 0.15) is 6.20 Å². The van der Waals surface area contributed by atoms with Crippen LogP contribution in [-0.4, -0.2) is 10.2 Å². The van der Waals surface area contributed by atoms with E-state index in [1.165, 1.54) is 0 Å². The Balaban J connectivity index is 2.83. The number of nitrogens with zero attached hydrogens (tertiary/aromatic N) is 2. The first-order chi connectivity index (χ1) is 3.93. The highest BCUT2D eigenvalue weighted by Crippen LogP contribution is 1.88. The van der Waals surface area contributed by atoms with Crippen LogP contribution in [0.2, 0.25) is 0 Å². The molecule has 1 heterocycles. The highest BCUT2D eigenvalue weighted by atomic mass is 15.1. The molecule has 0 aromatic carbocycles. The molecule has 0 unspecified atom stereocenters. The van der Waals surface area contributed by atoms with Crippen LogP contribution in [0.15, 0.2) is 12.1 Å². The van der Waals surface area contributed by atoms with Gasteiger partial charge in [0.05, 0.1) is 5.69 Å². The number of hydrogen-bond donors (Lipinski definition) is 0. The summed E-state index contributed by atoms with van der Waals surface area (Å²) in [4.78, 5) is 0. The van der Waals surface area contributed by atoms with Crippen LogP contribution in [0.3, 0.4) is 0 Å². The van der Waals surface area contributed by atoms with Crippen LogP contribution >= 0.6 is 0 Å². The molecule has 2 heteroatoms. The monoisotopic (exact) mass is 107 g/mol. The standard InChI is InChI=1S/C6H7N2/c1-2-6-4-3-5-7-8-6/h3-4H,2H2,1H3. The first-order valence-electron chi connectivity index (χ1n) is 2.62. The van der Waals surface area contributed by atoms with Crippen molar-refractivity contribution in [3.05, 3.63) is 24.0 Å². The summed E-state index contributed by atoms with van der Waals surface area (Å²) in [7, 11) is 0. The molecule has 1 aromatic rings. The molecule has 0 saturated carbocycles. The van der Waals surface area contributed by atoms with E-state index in [-0.39, 0.29) is 0 Å². The second-order valence-corrected chi connectivity index (χ2v) is 1.51. The van der Waals surface area contributed by atoms with Crippen LogP contribution in [0, 0.1) is 6.20 Å². The van der Waals surface area contributed by atoms with Crippen molar-refractivity contribution < 1.29 is 0 Å². The molecule has 1 rings (SSSR count). The molecule has 2 nitrogen and oxygen atoms in total. The van der Waals surface area contributed by atoms with Gasteiger partial charge in [-0.2, -0.15) is 5.10 Å². The van der Waals surface area contributed by atoms with Gasteiger partial charge in [0, 0.05) is 0 Å². The molecule has 1 radical (unpaired) electrons. The van der Waals surface area contributed by atoms with E-state index in [1.807, 2.05) is 13.0 Å². The number of aromatic nitrogens is 2. The molecule has 1 aromatic heterocycles. The summed E-state index contributed by atoms with van der Waals surface area (Å²) in [6.45, 7) is 2.05. The highest BCUT2D eigenvalue weighted by molar-refractivity contribution is 4.96. The molecule has 0 N–H and O–H groups in total. The minimum atomic E-state index is 0.946. The summed E-state index contributed by atoms with van der Waals surface area (Å²) in [5.74, 6) is 0. The molecule has 8 heavy (non-hydrogen) atoms. The number of aryl methyl sites for hydroxylation is 1. The van der Waals surface area contributed by atoms with Gasteiger partial charge in [-0.1, -0.05) is 6.92 Å². The summed E-state index contributed by atoms with van der Waals surface area (Å²) < 4.78 is 0. The second-order valence-electron chi connectivity index (χ2n) is 1.51. The van der Waals surface area contributed by atoms with Gasteiger partial charge in [0.2, 0.25) is 0 Å². The van der Waals surface area contributed by atoms with Crippen molar-refractivity contribution >= 4 is 0 Å². The lowest BCUT2D eigenvalue weighted by atomic mass is 10.3. The van der Waals surface area contributed by atoms with Crippen molar-refractivity contribution in [2.45, 2.75) is 13.3 Å². The summed E-state index contributed by atoms with van der Waals surface area (Å²) in [6.07, 6.45) is 3.55. The molecule has 0 atom stereocenters. The zero-order chi connectivity index (χ0) is 5.82. The van der Waals surface area contributed by atoms with Crippen molar-refractivity contribution in [2.24, 2.45) is 0 Å². The topological polar surface area (TPSA) is 25.8 Å². The van der Waals surface area contributed by atoms with Gasteiger partial charge in [-0.15, -0.1) is 5.10 Å². The van der Waals surface area contributed by atoms with Crippen LogP contribution in [0.4, 0.5) is 0 Å². The third-order valence-electron chi connectivity index (χ3n) is 0.949. The van der Waals surface area contributed by atoms with Crippen LogP contribution in [-0.2, 0) is 6.42 Å². The largest absolute Gasteiger partial charge is 0.155 e. The Labute approximate surface area is 48.6 Å². The van der Waals surface area contributed by atoms with Crippen molar-refractivity contribution in [1.29, 1.82) is 0 Å². The fourth-order valence-electron chi connectivity index (χ4n) is 0.482. The van der Waals surface area contributed by atoms with Crippen LogP contribution in [0.5, 0.6) is 0 Å². The molecule has 0 aliphatic rings. The van der Waals surface area contributed by atoms with Crippen molar-refractivity contribution in [3.8, 4) is 0 Å². The Morgan fingerprint density at radius 2 is 2.62 bits per heavy atom. The summed E-state index contributed by atoms with van der Waals surface area (Å²) >= 11 is 0. The lowest BCUT2D eigenvalue weighted by Gasteiger charge is -1.86. The SMILES string of the molecule is CCc1cc[c]nn1. The lowest BCUT2D eigenvalue weighted by molar-refractivity contribution is 0.914. The minimum absolute atomic E-state index is 0.946. The Kier molecular flexibility index (Phi) is 1.57. The summed E-state index contributed by atoms with van der Waals surface area (Å²) in [6, 6.07) is 3.68. The van der Waals surface area contributed by atoms with E-state index < -0.39 is 0 Å². The van der Waals surface area contributed by atoms with Crippen molar-refractivity contribution in [1.82, 2.24) is 10.2 Å². The molecule has 0 aliphatic carbocycles. The maximum atomic E-state index is 3.79. The van der Waals surface area contributed by atoms with E-state index in [1.54, 1.807) is 6.07 Å². The van der Waals surface area contributed by atoms with Gasteiger partial charge in [-0.25, -0.2) is 0 Å². The maximum absolute atomic E-state index is 3.79. The van der Waals surface area contributed by atoms with Crippen LogP contribution in [0.1, 0.15) is 12.6 Å². The van der Waals surface area contributed by atoms with Crippen LogP contribution < -0.4 is 0 Å². The highest BCUT2D eigenvalue weighted by Gasteiger charge is 1.83. The Morgan fingerprint density at radius 1 is 1.75 bits per heavy atom. The average molecular weight is 107 g/mol. The van der Waals surface area contributed by atoms with E-state index >= 15 is 0 Å².